The van der Waals surface area contributed by atoms with Gasteiger partial charge in [-0.15, -0.1) is 34.9 Å². The predicted molar refractivity (Wildman–Crippen MR) is 102 cm³/mol. The topological polar surface area (TPSA) is 95.1 Å². The van der Waals surface area contributed by atoms with Crippen LogP contribution in [0.5, 0.6) is 0 Å². The van der Waals surface area contributed by atoms with Crippen molar-refractivity contribution in [1.82, 2.24) is 14.3 Å². The van der Waals surface area contributed by atoms with Gasteiger partial charge in [0.05, 0.1) is 28.0 Å². The number of carboxylic acid groups (broad SMARTS) is 1. The molecule has 0 unspecified atom stereocenters. The van der Waals surface area contributed by atoms with Crippen molar-refractivity contribution >= 4 is 57.1 Å². The highest BCUT2D eigenvalue weighted by Gasteiger charge is 2.57. The number of β-lactam (4-membered cyclic amide) rings is 1. The molecule has 2 N–H and O–H groups in total. The van der Waals surface area contributed by atoms with E-state index >= 15 is 0 Å². The Kier molecular flexibility index (Phi) is 4.33. The van der Waals surface area contributed by atoms with Gasteiger partial charge in [0.25, 0.3) is 0 Å². The minimum Gasteiger partial charge on any atom is -0.477 e. The third-order valence-electron chi connectivity index (χ3n) is 4.90. The van der Waals surface area contributed by atoms with Crippen LogP contribution in [-0.2, 0) is 9.59 Å². The van der Waals surface area contributed by atoms with Crippen LogP contribution in [0.1, 0.15) is 18.2 Å². The molecule has 2 aliphatic rings. The molecule has 4 heterocycles. The van der Waals surface area contributed by atoms with Crippen molar-refractivity contribution in [3.8, 4) is 0 Å². The first-order valence-corrected chi connectivity index (χ1v) is 11.2. The number of thioether (sulfide) groups is 2. The fourth-order valence-electron chi connectivity index (χ4n) is 3.80. The van der Waals surface area contributed by atoms with E-state index in [1.807, 2.05) is 16.9 Å². The first-order chi connectivity index (χ1) is 12.4. The third-order valence-corrected chi connectivity index (χ3v) is 7.85. The largest absolute Gasteiger partial charge is 0.477 e. The molecule has 1 saturated heterocycles. The maximum absolute atomic E-state index is 12.4. The Bertz CT molecular complexity index is 961. The summed E-state index contributed by atoms with van der Waals surface area (Å²) in [4.78, 5) is 31.9. The number of carbonyl (C=O) groups excluding carboxylic acids is 1. The van der Waals surface area contributed by atoms with E-state index in [0.29, 0.717) is 12.0 Å². The zero-order valence-electron chi connectivity index (χ0n) is 14.3. The molecule has 2 aromatic heterocycles. The Labute approximate surface area is 162 Å². The van der Waals surface area contributed by atoms with Crippen LogP contribution >= 0.6 is 34.9 Å². The van der Waals surface area contributed by atoms with Gasteiger partial charge in [0.1, 0.15) is 21.9 Å². The first-order valence-electron chi connectivity index (χ1n) is 7.96. The summed E-state index contributed by atoms with van der Waals surface area (Å²) >= 11 is 4.58. The predicted octanol–water partition coefficient (Wildman–Crippen LogP) is 2.25. The smallest absolute Gasteiger partial charge is 0.352 e. The lowest BCUT2D eigenvalue weighted by Gasteiger charge is -2.44. The van der Waals surface area contributed by atoms with Gasteiger partial charge in [-0.25, -0.2) is 9.78 Å². The molecule has 138 valence electrons. The second-order valence-corrected chi connectivity index (χ2v) is 8.84. The fraction of sp³-hybridized carbons (Fsp3) is 0.438. The highest BCUT2D eigenvalue weighted by molar-refractivity contribution is 7.99. The second-order valence-electron chi connectivity index (χ2n) is 6.25. The van der Waals surface area contributed by atoms with Gasteiger partial charge in [-0.3, -0.25) is 9.20 Å². The molecule has 4 rings (SSSR count). The van der Waals surface area contributed by atoms with E-state index in [-0.39, 0.29) is 17.6 Å². The molecule has 0 aromatic carbocycles. The highest BCUT2D eigenvalue weighted by atomic mass is 32.2. The number of aromatic nitrogens is 2. The number of amides is 1. The van der Waals surface area contributed by atoms with Gasteiger partial charge in [-0.2, -0.15) is 0 Å². The third kappa shape index (κ3) is 2.29. The average Bonchev–Trinajstić information content (AvgIpc) is 3.22. The minimum atomic E-state index is -1.10. The van der Waals surface area contributed by atoms with Crippen molar-refractivity contribution in [2.24, 2.45) is 5.92 Å². The molecule has 10 heteroatoms. The summed E-state index contributed by atoms with van der Waals surface area (Å²) in [5.41, 5.74) is 0.722. The molecule has 26 heavy (non-hydrogen) atoms. The van der Waals surface area contributed by atoms with Crippen LogP contribution in [0.2, 0.25) is 0 Å². The standard InChI is InChI=1S/C16H17N3O4S3/c1-6(20)9-8-4-7(10(16(22)23)19(8)13(9)21)11-14(25-3)18-5-17-12(24-2)15(18)26-11/h5-6,8-9,20H,4H2,1-3H3,(H,22,23)/t6-,8-,9-/m1/s1. The molecule has 2 aliphatic heterocycles. The number of aliphatic hydroxyl groups excluding tert-OH is 1. The Morgan fingerprint density at radius 3 is 2.73 bits per heavy atom. The van der Waals surface area contributed by atoms with Gasteiger partial charge in [0, 0.05) is 5.57 Å². The van der Waals surface area contributed by atoms with Crippen LogP contribution in [-0.4, -0.2) is 61.0 Å². The molecule has 1 amide bonds. The van der Waals surface area contributed by atoms with Crippen LogP contribution in [0.25, 0.3) is 10.4 Å². The summed E-state index contributed by atoms with van der Waals surface area (Å²) in [6, 6.07) is -0.280. The number of imidazole rings is 1. The lowest BCUT2D eigenvalue weighted by Crippen LogP contribution is -2.61. The van der Waals surface area contributed by atoms with Crippen LogP contribution in [0.3, 0.4) is 0 Å². The average molecular weight is 412 g/mol. The van der Waals surface area contributed by atoms with E-state index in [9.17, 15) is 19.8 Å². The molecular formula is C16H17N3O4S3. The number of hydrogen-bond acceptors (Lipinski definition) is 7. The summed E-state index contributed by atoms with van der Waals surface area (Å²) in [6.07, 6.45) is 5.31. The Hall–Kier alpha value is -1.49. The summed E-state index contributed by atoms with van der Waals surface area (Å²) in [5, 5.41) is 21.5. The van der Waals surface area contributed by atoms with Crippen LogP contribution in [0.4, 0.5) is 0 Å². The van der Waals surface area contributed by atoms with Crippen molar-refractivity contribution in [3.05, 3.63) is 16.9 Å². The zero-order valence-corrected chi connectivity index (χ0v) is 16.7. The summed E-state index contributed by atoms with van der Waals surface area (Å²) < 4.78 is 1.98. The number of hydrogen-bond donors (Lipinski definition) is 2. The number of rotatable bonds is 5. The van der Waals surface area contributed by atoms with Gasteiger partial charge >= 0.3 is 5.97 Å². The molecule has 0 spiro atoms. The summed E-state index contributed by atoms with van der Waals surface area (Å²) in [7, 11) is 0. The van der Waals surface area contributed by atoms with Crippen molar-refractivity contribution in [2.45, 2.75) is 35.5 Å². The number of aliphatic hydroxyl groups is 1. The van der Waals surface area contributed by atoms with Crippen molar-refractivity contribution in [2.75, 3.05) is 12.5 Å². The molecule has 0 radical (unpaired) electrons. The first kappa shape index (κ1) is 17.9. The number of nitrogens with zero attached hydrogens (tertiary/aromatic N) is 3. The quantitative estimate of drug-likeness (QED) is 0.575. The van der Waals surface area contributed by atoms with E-state index in [4.69, 9.17) is 0 Å². The Morgan fingerprint density at radius 2 is 2.15 bits per heavy atom. The lowest BCUT2D eigenvalue weighted by molar-refractivity contribution is -0.161. The molecule has 2 aromatic rings. The van der Waals surface area contributed by atoms with E-state index in [1.54, 1.807) is 25.0 Å². The number of thiazole rings is 1. The molecular weight excluding hydrogens is 394 g/mol. The van der Waals surface area contributed by atoms with Crippen LogP contribution < -0.4 is 0 Å². The van der Waals surface area contributed by atoms with Gasteiger partial charge in [0.15, 0.2) is 0 Å². The lowest BCUT2D eigenvalue weighted by atomic mass is 9.83. The molecule has 1 fully saturated rings. The van der Waals surface area contributed by atoms with E-state index in [0.717, 1.165) is 19.8 Å². The Balaban J connectivity index is 1.87. The maximum Gasteiger partial charge on any atom is 0.352 e. The monoisotopic (exact) mass is 411 g/mol. The van der Waals surface area contributed by atoms with Crippen molar-refractivity contribution in [1.29, 1.82) is 0 Å². The van der Waals surface area contributed by atoms with Gasteiger partial charge in [-0.1, -0.05) is 0 Å². The molecule has 0 aliphatic carbocycles. The van der Waals surface area contributed by atoms with Gasteiger partial charge in [0.2, 0.25) is 5.91 Å². The zero-order chi connectivity index (χ0) is 18.7. The summed E-state index contributed by atoms with van der Waals surface area (Å²) in [5.74, 6) is -1.94. The molecule has 7 nitrogen and oxygen atoms in total. The number of carbonyl (C=O) groups is 2. The number of aliphatic carboxylic acids is 1. The summed E-state index contributed by atoms with van der Waals surface area (Å²) in [6.45, 7) is 1.58. The SMILES string of the molecule is CSc1ncn2c(SC)c(C3=C(C(=O)O)N4C(=O)[C@H]([C@@H](C)O)[C@H]4C3)sc12. The molecule has 0 saturated carbocycles. The Morgan fingerprint density at radius 1 is 1.42 bits per heavy atom. The maximum atomic E-state index is 12.4. The van der Waals surface area contributed by atoms with Crippen molar-refractivity contribution in [3.63, 3.8) is 0 Å². The van der Waals surface area contributed by atoms with Crippen LogP contribution in [0.15, 0.2) is 22.1 Å². The van der Waals surface area contributed by atoms with E-state index in [2.05, 4.69) is 4.98 Å². The fourth-order valence-corrected chi connectivity index (χ4v) is 6.74. The molecule has 3 atom stereocenters. The number of fused-ring (bicyclic) bond motifs is 2. The van der Waals surface area contributed by atoms with E-state index < -0.39 is 18.0 Å². The van der Waals surface area contributed by atoms with E-state index in [1.165, 1.54) is 28.0 Å². The normalized spacial score (nSPS) is 23.5. The minimum absolute atomic E-state index is 0.0513. The second kappa shape index (κ2) is 6.29. The van der Waals surface area contributed by atoms with Crippen LogP contribution in [0, 0.1) is 5.92 Å². The number of carboxylic acids is 1. The molecule has 0 bridgehead atoms. The highest BCUT2D eigenvalue weighted by Crippen LogP contribution is 2.50. The van der Waals surface area contributed by atoms with Gasteiger partial charge < -0.3 is 15.1 Å². The van der Waals surface area contributed by atoms with Crippen molar-refractivity contribution < 1.29 is 19.8 Å². The van der Waals surface area contributed by atoms with Gasteiger partial charge in [-0.05, 0) is 25.9 Å².